The van der Waals surface area contributed by atoms with Gasteiger partial charge in [0.1, 0.15) is 18.0 Å². The molecule has 112 valence electrons. The Labute approximate surface area is 131 Å². The van der Waals surface area contributed by atoms with Gasteiger partial charge in [0.05, 0.1) is 0 Å². The monoisotopic (exact) mass is 340 g/mol. The van der Waals surface area contributed by atoms with E-state index in [1.54, 1.807) is 0 Å². The lowest BCUT2D eigenvalue weighted by Crippen LogP contribution is -2.52. The van der Waals surface area contributed by atoms with Gasteiger partial charge in [-0.05, 0) is 36.5 Å². The molecular weight excluding hydrogens is 316 g/mol. The average molecular weight is 341 g/mol. The first-order valence-corrected chi connectivity index (χ1v) is 8.59. The molecule has 1 fully saturated rings. The van der Waals surface area contributed by atoms with Crippen molar-refractivity contribution in [3.63, 3.8) is 0 Å². The fourth-order valence-electron chi connectivity index (χ4n) is 2.39. The van der Waals surface area contributed by atoms with Crippen LogP contribution in [0.2, 0.25) is 0 Å². The van der Waals surface area contributed by atoms with Gasteiger partial charge in [-0.15, -0.1) is 0 Å². The molecule has 0 aliphatic heterocycles. The highest BCUT2D eigenvalue weighted by molar-refractivity contribution is 9.09. The van der Waals surface area contributed by atoms with Gasteiger partial charge in [0, 0.05) is 17.9 Å². The highest BCUT2D eigenvalue weighted by Gasteiger charge is 2.42. The maximum atomic E-state index is 6.04. The second-order valence-corrected chi connectivity index (χ2v) is 6.80. The summed E-state index contributed by atoms with van der Waals surface area (Å²) >= 11 is 3.65. The molecule has 0 radical (unpaired) electrons. The summed E-state index contributed by atoms with van der Waals surface area (Å²) in [6.45, 7) is 7.41. The number of rotatable bonds is 7. The summed E-state index contributed by atoms with van der Waals surface area (Å²) in [6.07, 6.45) is 3.60. The van der Waals surface area contributed by atoms with Gasteiger partial charge in [0.25, 0.3) is 0 Å². The van der Waals surface area contributed by atoms with E-state index in [-0.39, 0.29) is 12.2 Å². The summed E-state index contributed by atoms with van der Waals surface area (Å²) < 4.78 is 11.9. The lowest BCUT2D eigenvalue weighted by molar-refractivity contribution is -0.0762. The lowest BCUT2D eigenvalue weighted by atomic mass is 9.91. The third-order valence-electron chi connectivity index (χ3n) is 4.04. The molecule has 0 bridgehead atoms. The largest absolute Gasteiger partial charge is 0.488 e. The normalized spacial score (nSPS) is 26.9. The summed E-state index contributed by atoms with van der Waals surface area (Å²) in [7, 11) is 0. The van der Waals surface area contributed by atoms with Crippen LogP contribution in [0.4, 0.5) is 0 Å². The van der Waals surface area contributed by atoms with Crippen LogP contribution < -0.4 is 4.74 Å². The van der Waals surface area contributed by atoms with E-state index < -0.39 is 0 Å². The number of halogens is 1. The first-order valence-electron chi connectivity index (χ1n) is 7.68. The smallest absolute Gasteiger partial charge is 0.127 e. The van der Waals surface area contributed by atoms with Gasteiger partial charge in [-0.25, -0.2) is 0 Å². The van der Waals surface area contributed by atoms with Crippen LogP contribution in [0.25, 0.3) is 0 Å². The minimum absolute atomic E-state index is 0.181. The highest BCUT2D eigenvalue weighted by atomic mass is 79.9. The van der Waals surface area contributed by atoms with Gasteiger partial charge in [-0.2, -0.15) is 0 Å². The molecule has 20 heavy (non-hydrogen) atoms. The third-order valence-corrected chi connectivity index (χ3v) is 4.94. The standard InChI is InChI=1S/C17H25BrO2/c1-4-10-19-17-15(18)11-16(17)20-14-8-6-13(7-9-14)12(3)5-2/h6-9,12,15-17H,4-5,10-11H2,1-3H3. The van der Waals surface area contributed by atoms with Crippen molar-refractivity contribution in [2.24, 2.45) is 0 Å². The zero-order valence-electron chi connectivity index (χ0n) is 12.6. The summed E-state index contributed by atoms with van der Waals surface area (Å²) in [5.41, 5.74) is 1.38. The molecule has 1 aliphatic rings. The number of hydrogen-bond acceptors (Lipinski definition) is 2. The summed E-state index contributed by atoms with van der Waals surface area (Å²) in [4.78, 5) is 0.429. The van der Waals surface area contributed by atoms with Crippen LogP contribution in [0.5, 0.6) is 5.75 Å². The van der Waals surface area contributed by atoms with Gasteiger partial charge in [0.15, 0.2) is 0 Å². The van der Waals surface area contributed by atoms with Crippen molar-refractivity contribution < 1.29 is 9.47 Å². The molecular formula is C17H25BrO2. The average Bonchev–Trinajstić information content (AvgIpc) is 2.47. The number of hydrogen-bond donors (Lipinski definition) is 0. The molecule has 1 aromatic rings. The molecule has 1 aliphatic carbocycles. The number of benzene rings is 1. The van der Waals surface area contributed by atoms with E-state index in [0.717, 1.165) is 25.2 Å². The quantitative estimate of drug-likeness (QED) is 0.656. The Morgan fingerprint density at radius 1 is 1.25 bits per heavy atom. The molecule has 0 spiro atoms. The van der Waals surface area contributed by atoms with Crippen LogP contribution in [-0.4, -0.2) is 23.6 Å². The topological polar surface area (TPSA) is 18.5 Å². The molecule has 4 unspecified atom stereocenters. The minimum Gasteiger partial charge on any atom is -0.488 e. The van der Waals surface area contributed by atoms with Gasteiger partial charge < -0.3 is 9.47 Å². The maximum absolute atomic E-state index is 6.04. The van der Waals surface area contributed by atoms with Crippen LogP contribution in [0.1, 0.15) is 51.5 Å². The lowest BCUT2D eigenvalue weighted by Gasteiger charge is -2.40. The Kier molecular flexibility index (Phi) is 5.91. The van der Waals surface area contributed by atoms with Crippen molar-refractivity contribution in [3.05, 3.63) is 29.8 Å². The van der Waals surface area contributed by atoms with Crippen LogP contribution in [0.3, 0.4) is 0 Å². The van der Waals surface area contributed by atoms with Crippen molar-refractivity contribution in [1.29, 1.82) is 0 Å². The maximum Gasteiger partial charge on any atom is 0.127 e. The second-order valence-electron chi connectivity index (χ2n) is 5.62. The van der Waals surface area contributed by atoms with E-state index in [4.69, 9.17) is 9.47 Å². The van der Waals surface area contributed by atoms with Crippen molar-refractivity contribution in [3.8, 4) is 5.75 Å². The fraction of sp³-hybridized carbons (Fsp3) is 0.647. The Hall–Kier alpha value is -0.540. The number of ether oxygens (including phenoxy) is 2. The molecule has 0 heterocycles. The molecule has 4 atom stereocenters. The molecule has 1 saturated carbocycles. The Balaban J connectivity index is 1.90. The Bertz CT molecular complexity index is 404. The van der Waals surface area contributed by atoms with Crippen molar-refractivity contribution in [1.82, 2.24) is 0 Å². The zero-order valence-corrected chi connectivity index (χ0v) is 14.2. The van der Waals surface area contributed by atoms with Gasteiger partial charge in [0.2, 0.25) is 0 Å². The minimum atomic E-state index is 0.181. The van der Waals surface area contributed by atoms with E-state index in [2.05, 4.69) is 61.0 Å². The summed E-state index contributed by atoms with van der Waals surface area (Å²) in [5, 5.41) is 0. The van der Waals surface area contributed by atoms with Crippen LogP contribution in [0, 0.1) is 0 Å². The first-order chi connectivity index (χ1) is 9.65. The molecule has 0 aromatic heterocycles. The van der Waals surface area contributed by atoms with E-state index >= 15 is 0 Å². The Morgan fingerprint density at radius 2 is 1.95 bits per heavy atom. The zero-order chi connectivity index (χ0) is 14.5. The molecule has 0 N–H and O–H groups in total. The highest BCUT2D eigenvalue weighted by Crippen LogP contribution is 2.34. The molecule has 1 aromatic carbocycles. The van der Waals surface area contributed by atoms with Gasteiger partial charge in [-0.3, -0.25) is 0 Å². The van der Waals surface area contributed by atoms with Crippen molar-refractivity contribution >= 4 is 15.9 Å². The van der Waals surface area contributed by atoms with Crippen molar-refractivity contribution in [2.75, 3.05) is 6.61 Å². The van der Waals surface area contributed by atoms with E-state index in [1.165, 1.54) is 12.0 Å². The Morgan fingerprint density at radius 3 is 2.50 bits per heavy atom. The molecule has 0 amide bonds. The SMILES string of the molecule is CCCOC1C(Br)CC1Oc1ccc(C(C)CC)cc1. The van der Waals surface area contributed by atoms with Crippen LogP contribution in [0.15, 0.2) is 24.3 Å². The van der Waals surface area contributed by atoms with E-state index in [0.29, 0.717) is 10.7 Å². The third kappa shape index (κ3) is 3.76. The van der Waals surface area contributed by atoms with E-state index in [1.807, 2.05) is 0 Å². The molecule has 2 rings (SSSR count). The van der Waals surface area contributed by atoms with Crippen LogP contribution in [-0.2, 0) is 4.74 Å². The predicted octanol–water partition coefficient (Wildman–Crippen LogP) is 4.91. The predicted molar refractivity (Wildman–Crippen MR) is 86.9 cm³/mol. The van der Waals surface area contributed by atoms with Gasteiger partial charge in [-0.1, -0.05) is 48.8 Å². The summed E-state index contributed by atoms with van der Waals surface area (Å²) in [5.74, 6) is 1.56. The van der Waals surface area contributed by atoms with E-state index in [9.17, 15) is 0 Å². The summed E-state index contributed by atoms with van der Waals surface area (Å²) in [6, 6.07) is 8.52. The fourth-order valence-corrected chi connectivity index (χ4v) is 3.25. The number of alkyl halides is 1. The second kappa shape index (κ2) is 7.46. The molecule has 2 nitrogen and oxygen atoms in total. The van der Waals surface area contributed by atoms with Crippen molar-refractivity contribution in [2.45, 2.75) is 63.0 Å². The first kappa shape index (κ1) is 15.8. The molecule has 3 heteroatoms. The van der Waals surface area contributed by atoms with Gasteiger partial charge >= 0.3 is 0 Å². The van der Waals surface area contributed by atoms with Crippen LogP contribution >= 0.6 is 15.9 Å². The molecule has 0 saturated heterocycles.